The van der Waals surface area contributed by atoms with Gasteiger partial charge in [0.2, 0.25) is 5.91 Å². The average molecular weight is 430 g/mol. The summed E-state index contributed by atoms with van der Waals surface area (Å²) >= 11 is 0. The number of hydrogen-bond donors (Lipinski definition) is 2. The Labute approximate surface area is 164 Å². The third-order valence-corrected chi connectivity index (χ3v) is 3.79. The molecule has 0 aliphatic heterocycles. The highest BCUT2D eigenvalue weighted by atomic mass is 19.4. The van der Waals surface area contributed by atoms with Crippen molar-refractivity contribution in [3.8, 4) is 11.1 Å². The van der Waals surface area contributed by atoms with Crippen molar-refractivity contribution in [1.29, 1.82) is 0 Å². The molecule has 1 aromatic heterocycles. The van der Waals surface area contributed by atoms with Gasteiger partial charge in [-0.2, -0.15) is 26.3 Å². The van der Waals surface area contributed by atoms with Gasteiger partial charge in [-0.1, -0.05) is 36.4 Å². The molecule has 0 aliphatic carbocycles. The quantitative estimate of drug-likeness (QED) is 0.579. The van der Waals surface area contributed by atoms with Gasteiger partial charge in [0.15, 0.2) is 0 Å². The minimum Gasteiger partial charge on any atom is -0.475 e. The van der Waals surface area contributed by atoms with Crippen molar-refractivity contribution in [3.63, 3.8) is 0 Å². The lowest BCUT2D eigenvalue weighted by Crippen LogP contribution is -2.21. The number of fused-ring (bicyclic) bond motifs is 1. The van der Waals surface area contributed by atoms with Gasteiger partial charge in [0.25, 0.3) is 0 Å². The standard InChI is InChI=1S/C17H11F3N2O.C2HF3O2/c18-17(19,20)13-7-3-1-5-10(13)12-9-22-14-8-4-2-6-11(14)15(12)16(21)23;3-2(4,5)1(6)7/h1-9H,(H2,21,23);(H,6,7). The number of benzene rings is 2. The summed E-state index contributed by atoms with van der Waals surface area (Å²) in [6, 6.07) is 11.7. The second-order valence-corrected chi connectivity index (χ2v) is 5.77. The summed E-state index contributed by atoms with van der Waals surface area (Å²) in [6.45, 7) is 0. The fourth-order valence-corrected chi connectivity index (χ4v) is 2.58. The number of aromatic nitrogens is 1. The number of primary amides is 1. The van der Waals surface area contributed by atoms with E-state index in [2.05, 4.69) is 4.98 Å². The molecule has 0 radical (unpaired) electrons. The molecule has 0 saturated carbocycles. The van der Waals surface area contributed by atoms with E-state index in [0.717, 1.165) is 6.07 Å². The van der Waals surface area contributed by atoms with Crippen LogP contribution in [-0.2, 0) is 11.0 Å². The SMILES string of the molecule is NC(=O)c1c(-c2ccccc2C(F)(F)F)cnc2ccccc12.O=C(O)C(F)(F)F. The maximum Gasteiger partial charge on any atom is 0.490 e. The number of hydrogen-bond acceptors (Lipinski definition) is 3. The molecule has 3 aromatic rings. The van der Waals surface area contributed by atoms with E-state index in [9.17, 15) is 31.1 Å². The number of para-hydroxylation sites is 1. The van der Waals surface area contributed by atoms with E-state index in [1.807, 2.05) is 0 Å². The summed E-state index contributed by atoms with van der Waals surface area (Å²) in [5.41, 5.74) is 5.08. The van der Waals surface area contributed by atoms with Crippen LogP contribution in [-0.4, -0.2) is 28.1 Å². The Hall–Kier alpha value is -3.63. The van der Waals surface area contributed by atoms with Crippen LogP contribution in [0.1, 0.15) is 15.9 Å². The first-order chi connectivity index (χ1) is 13.8. The Kier molecular flexibility index (Phi) is 6.34. The third kappa shape index (κ3) is 5.04. The zero-order valence-corrected chi connectivity index (χ0v) is 14.8. The van der Waals surface area contributed by atoms with Crippen molar-refractivity contribution in [1.82, 2.24) is 4.98 Å². The molecule has 5 nitrogen and oxygen atoms in total. The maximum absolute atomic E-state index is 13.2. The fourth-order valence-electron chi connectivity index (χ4n) is 2.58. The lowest BCUT2D eigenvalue weighted by atomic mass is 9.94. The third-order valence-electron chi connectivity index (χ3n) is 3.79. The number of carboxylic acid groups (broad SMARTS) is 1. The van der Waals surface area contributed by atoms with E-state index < -0.39 is 29.8 Å². The van der Waals surface area contributed by atoms with Crippen molar-refractivity contribution < 1.29 is 41.0 Å². The molecule has 0 atom stereocenters. The second-order valence-electron chi connectivity index (χ2n) is 5.77. The number of nitrogens with zero attached hydrogens (tertiary/aromatic N) is 1. The van der Waals surface area contributed by atoms with Gasteiger partial charge < -0.3 is 10.8 Å². The first-order valence-corrected chi connectivity index (χ1v) is 7.98. The van der Waals surface area contributed by atoms with Crippen molar-refractivity contribution in [2.45, 2.75) is 12.4 Å². The molecule has 11 heteroatoms. The number of amides is 1. The Morgan fingerprint density at radius 3 is 1.93 bits per heavy atom. The molecular formula is C19H12F6N2O3. The number of halogens is 6. The molecule has 30 heavy (non-hydrogen) atoms. The molecule has 0 spiro atoms. The highest BCUT2D eigenvalue weighted by Crippen LogP contribution is 2.39. The average Bonchev–Trinajstić information content (AvgIpc) is 2.66. The molecule has 158 valence electrons. The Morgan fingerprint density at radius 1 is 0.867 bits per heavy atom. The largest absolute Gasteiger partial charge is 0.490 e. The number of alkyl halides is 6. The highest BCUT2D eigenvalue weighted by molar-refractivity contribution is 6.10. The van der Waals surface area contributed by atoms with Crippen LogP contribution in [0.2, 0.25) is 0 Å². The van der Waals surface area contributed by atoms with Crippen LogP contribution in [0, 0.1) is 0 Å². The van der Waals surface area contributed by atoms with Crippen molar-refractivity contribution in [3.05, 3.63) is 65.9 Å². The van der Waals surface area contributed by atoms with E-state index in [1.54, 1.807) is 24.3 Å². The predicted octanol–water partition coefficient (Wildman–Crippen LogP) is 4.65. The van der Waals surface area contributed by atoms with Gasteiger partial charge in [-0.3, -0.25) is 9.78 Å². The van der Waals surface area contributed by atoms with Crippen LogP contribution >= 0.6 is 0 Å². The van der Waals surface area contributed by atoms with E-state index >= 15 is 0 Å². The first-order valence-electron chi connectivity index (χ1n) is 7.98. The van der Waals surface area contributed by atoms with E-state index in [4.69, 9.17) is 15.6 Å². The number of carbonyl (C=O) groups is 2. The number of aliphatic carboxylic acids is 1. The summed E-state index contributed by atoms with van der Waals surface area (Å²) < 4.78 is 71.5. The van der Waals surface area contributed by atoms with Gasteiger partial charge in [-0.15, -0.1) is 0 Å². The lowest BCUT2D eigenvalue weighted by molar-refractivity contribution is -0.192. The number of pyridine rings is 1. The van der Waals surface area contributed by atoms with Gasteiger partial charge in [0.05, 0.1) is 16.6 Å². The number of nitrogens with two attached hydrogens (primary N) is 1. The summed E-state index contributed by atoms with van der Waals surface area (Å²) in [6.07, 6.45) is -8.37. The summed E-state index contributed by atoms with van der Waals surface area (Å²) in [4.78, 5) is 24.9. The highest BCUT2D eigenvalue weighted by Gasteiger charge is 2.38. The molecule has 2 aromatic carbocycles. The number of rotatable bonds is 2. The number of carbonyl (C=O) groups excluding carboxylic acids is 1. The van der Waals surface area contributed by atoms with Gasteiger partial charge in [0, 0.05) is 17.1 Å². The van der Waals surface area contributed by atoms with Gasteiger partial charge in [-0.25, -0.2) is 4.79 Å². The summed E-state index contributed by atoms with van der Waals surface area (Å²) in [7, 11) is 0. The smallest absolute Gasteiger partial charge is 0.475 e. The first kappa shape index (κ1) is 22.7. The molecule has 0 saturated heterocycles. The van der Waals surface area contributed by atoms with Crippen LogP contribution in [0.3, 0.4) is 0 Å². The van der Waals surface area contributed by atoms with E-state index in [1.165, 1.54) is 24.4 Å². The monoisotopic (exact) mass is 430 g/mol. The number of carboxylic acids is 1. The minimum absolute atomic E-state index is 0.0345. The van der Waals surface area contributed by atoms with Gasteiger partial charge in [-0.05, 0) is 17.7 Å². The molecule has 0 fully saturated rings. The zero-order chi connectivity index (χ0) is 22.7. The molecule has 0 bridgehead atoms. The normalized spacial score (nSPS) is 11.5. The van der Waals surface area contributed by atoms with Crippen LogP contribution in [0.15, 0.2) is 54.7 Å². The molecule has 3 rings (SSSR count). The molecule has 0 aliphatic rings. The maximum atomic E-state index is 13.2. The molecule has 1 amide bonds. The van der Waals surface area contributed by atoms with Crippen LogP contribution in [0.25, 0.3) is 22.0 Å². The van der Waals surface area contributed by atoms with Crippen molar-refractivity contribution in [2.24, 2.45) is 5.73 Å². The van der Waals surface area contributed by atoms with Crippen LogP contribution in [0.5, 0.6) is 0 Å². The topological polar surface area (TPSA) is 93.3 Å². The second kappa shape index (κ2) is 8.39. The molecule has 1 heterocycles. The van der Waals surface area contributed by atoms with Crippen LogP contribution < -0.4 is 5.73 Å². The fraction of sp³-hybridized carbons (Fsp3) is 0.105. The van der Waals surface area contributed by atoms with Crippen molar-refractivity contribution >= 4 is 22.8 Å². The minimum atomic E-state index is -5.08. The molecular weight excluding hydrogens is 418 g/mol. The van der Waals surface area contributed by atoms with E-state index in [0.29, 0.717) is 10.9 Å². The Balaban J connectivity index is 0.000000396. The zero-order valence-electron chi connectivity index (χ0n) is 14.8. The lowest BCUT2D eigenvalue weighted by Gasteiger charge is -2.15. The summed E-state index contributed by atoms with van der Waals surface area (Å²) in [5.74, 6) is -3.55. The van der Waals surface area contributed by atoms with Gasteiger partial charge >= 0.3 is 18.3 Å². The van der Waals surface area contributed by atoms with Crippen LogP contribution in [0.4, 0.5) is 26.3 Å². The van der Waals surface area contributed by atoms with Gasteiger partial charge in [0.1, 0.15) is 0 Å². The Bertz CT molecular complexity index is 1090. The molecule has 3 N–H and O–H groups in total. The Morgan fingerprint density at radius 2 is 1.40 bits per heavy atom. The van der Waals surface area contributed by atoms with E-state index in [-0.39, 0.29) is 16.7 Å². The summed E-state index contributed by atoms with van der Waals surface area (Å²) in [5, 5.41) is 7.55. The predicted molar refractivity (Wildman–Crippen MR) is 94.4 cm³/mol. The van der Waals surface area contributed by atoms with Crippen molar-refractivity contribution in [2.75, 3.05) is 0 Å². The molecule has 0 unspecified atom stereocenters.